The molecule has 7 aromatic carbocycles. The molecule has 0 radical (unpaired) electrons. The summed E-state index contributed by atoms with van der Waals surface area (Å²) in [6.07, 6.45) is 0. The summed E-state index contributed by atoms with van der Waals surface area (Å²) >= 11 is 1.81. The molecule has 0 spiro atoms. The van der Waals surface area contributed by atoms with Gasteiger partial charge in [-0.3, -0.25) is 0 Å². The fourth-order valence-electron chi connectivity index (χ4n) is 8.15. The first-order valence-electron chi connectivity index (χ1n) is 17.7. The van der Waals surface area contributed by atoms with Gasteiger partial charge in [0.25, 0.3) is 0 Å². The fourth-order valence-corrected chi connectivity index (χ4v) is 9.26. The average molecular weight is 684 g/mol. The summed E-state index contributed by atoms with van der Waals surface area (Å²) in [5.74, 6) is 2.00. The van der Waals surface area contributed by atoms with Crippen molar-refractivity contribution in [2.45, 2.75) is 19.3 Å². The van der Waals surface area contributed by atoms with E-state index in [1.165, 1.54) is 64.7 Å². The molecule has 0 fully saturated rings. The summed E-state index contributed by atoms with van der Waals surface area (Å²) in [7, 11) is 0. The molecule has 1 aliphatic rings. The van der Waals surface area contributed by atoms with Gasteiger partial charge < -0.3 is 0 Å². The minimum Gasteiger partial charge on any atom is -0.208 e. The summed E-state index contributed by atoms with van der Waals surface area (Å²) in [5, 5.41) is 2.38. The molecule has 2 heterocycles. The number of fused-ring (bicyclic) bond motifs is 6. The number of hydrogen-bond donors (Lipinski definition) is 0. The molecule has 246 valence electrons. The molecule has 9 aromatic rings. The highest BCUT2D eigenvalue weighted by atomic mass is 32.1. The highest BCUT2D eigenvalue weighted by Gasteiger charge is 2.37. The summed E-state index contributed by atoms with van der Waals surface area (Å²) in [4.78, 5) is 15.2. The topological polar surface area (TPSA) is 38.7 Å². The van der Waals surface area contributed by atoms with Gasteiger partial charge in [0.1, 0.15) is 0 Å². The second-order valence-electron chi connectivity index (χ2n) is 14.0. The number of thiophene rings is 1. The number of benzene rings is 7. The van der Waals surface area contributed by atoms with Gasteiger partial charge in [-0.05, 0) is 62.7 Å². The van der Waals surface area contributed by atoms with Gasteiger partial charge in [0.2, 0.25) is 0 Å². The van der Waals surface area contributed by atoms with Crippen LogP contribution in [0.2, 0.25) is 0 Å². The molecule has 0 atom stereocenters. The van der Waals surface area contributed by atoms with Crippen LogP contribution in [-0.2, 0) is 5.41 Å². The van der Waals surface area contributed by atoms with Crippen molar-refractivity contribution in [2.24, 2.45) is 0 Å². The molecule has 0 N–H and O–H groups in total. The summed E-state index contributed by atoms with van der Waals surface area (Å²) in [6.45, 7) is 4.73. The predicted octanol–water partition coefficient (Wildman–Crippen LogP) is 12.9. The van der Waals surface area contributed by atoms with E-state index in [-0.39, 0.29) is 5.41 Å². The van der Waals surface area contributed by atoms with E-state index < -0.39 is 0 Å². The largest absolute Gasteiger partial charge is 0.208 e. The van der Waals surface area contributed by atoms with E-state index in [0.717, 1.165) is 16.7 Å². The first-order valence-corrected chi connectivity index (χ1v) is 18.5. The smallest absolute Gasteiger partial charge is 0.164 e. The van der Waals surface area contributed by atoms with Crippen molar-refractivity contribution in [1.29, 1.82) is 0 Å². The third-order valence-corrected chi connectivity index (χ3v) is 11.7. The van der Waals surface area contributed by atoms with Crippen LogP contribution in [-0.4, -0.2) is 15.0 Å². The van der Waals surface area contributed by atoms with Gasteiger partial charge in [-0.1, -0.05) is 159 Å². The van der Waals surface area contributed by atoms with E-state index in [1.54, 1.807) is 0 Å². The maximum absolute atomic E-state index is 5.12. The van der Waals surface area contributed by atoms with Crippen LogP contribution in [0.15, 0.2) is 164 Å². The molecule has 0 unspecified atom stereocenters. The minimum atomic E-state index is -0.111. The molecule has 0 amide bonds. The van der Waals surface area contributed by atoms with Crippen LogP contribution in [0.4, 0.5) is 0 Å². The highest BCUT2D eigenvalue weighted by molar-refractivity contribution is 7.26. The first-order chi connectivity index (χ1) is 25.5. The maximum atomic E-state index is 5.12. The van der Waals surface area contributed by atoms with Crippen LogP contribution in [0.1, 0.15) is 25.0 Å². The lowest BCUT2D eigenvalue weighted by Gasteiger charge is -2.25. The van der Waals surface area contributed by atoms with Crippen LogP contribution in [0.3, 0.4) is 0 Å². The van der Waals surface area contributed by atoms with Gasteiger partial charge in [0.05, 0.1) is 0 Å². The Kier molecular flexibility index (Phi) is 7.02. The Hall–Kier alpha value is -6.23. The van der Waals surface area contributed by atoms with Gasteiger partial charge in [0.15, 0.2) is 17.5 Å². The van der Waals surface area contributed by atoms with Gasteiger partial charge in [-0.15, -0.1) is 11.3 Å². The lowest BCUT2D eigenvalue weighted by Crippen LogP contribution is -2.16. The van der Waals surface area contributed by atoms with Crippen LogP contribution in [0.5, 0.6) is 0 Å². The van der Waals surface area contributed by atoms with Crippen molar-refractivity contribution in [1.82, 2.24) is 15.0 Å². The Morgan fingerprint density at radius 3 is 1.65 bits per heavy atom. The zero-order valence-corrected chi connectivity index (χ0v) is 29.7. The van der Waals surface area contributed by atoms with Gasteiger partial charge >= 0.3 is 0 Å². The number of hydrogen-bond acceptors (Lipinski definition) is 4. The molecule has 10 rings (SSSR count). The zero-order chi connectivity index (χ0) is 34.8. The Morgan fingerprint density at radius 1 is 0.404 bits per heavy atom. The third kappa shape index (κ3) is 4.83. The Bertz CT molecular complexity index is 2760. The average Bonchev–Trinajstić information content (AvgIpc) is 3.70. The summed E-state index contributed by atoms with van der Waals surface area (Å²) in [6, 6.07) is 58.3. The van der Waals surface area contributed by atoms with Crippen molar-refractivity contribution in [3.63, 3.8) is 0 Å². The van der Waals surface area contributed by atoms with E-state index >= 15 is 0 Å². The van der Waals surface area contributed by atoms with Crippen molar-refractivity contribution in [2.75, 3.05) is 0 Å². The lowest BCUT2D eigenvalue weighted by atomic mass is 9.78. The van der Waals surface area contributed by atoms with Crippen molar-refractivity contribution in [3.8, 4) is 67.5 Å². The molecule has 52 heavy (non-hydrogen) atoms. The second kappa shape index (κ2) is 11.9. The van der Waals surface area contributed by atoms with E-state index in [2.05, 4.69) is 141 Å². The first kappa shape index (κ1) is 30.6. The quantitative estimate of drug-likeness (QED) is 0.181. The number of rotatable bonds is 5. The molecule has 2 aromatic heterocycles. The van der Waals surface area contributed by atoms with Crippen LogP contribution in [0.25, 0.3) is 87.7 Å². The molecular weight excluding hydrogens is 651 g/mol. The molecule has 0 saturated carbocycles. The van der Waals surface area contributed by atoms with E-state index in [4.69, 9.17) is 15.0 Å². The second-order valence-corrected chi connectivity index (χ2v) is 15.1. The van der Waals surface area contributed by atoms with Crippen molar-refractivity contribution >= 4 is 31.5 Å². The zero-order valence-electron chi connectivity index (χ0n) is 28.8. The van der Waals surface area contributed by atoms with Crippen LogP contribution < -0.4 is 0 Å². The van der Waals surface area contributed by atoms with E-state index in [1.807, 2.05) is 47.7 Å². The monoisotopic (exact) mass is 683 g/mol. The standard InChI is InChI=1S/C48H33N3S/c1-48(2)40-25-12-11-21-35(40)37-23-13-22-36(44(37)48)34-20-10-9-19-33(34)32-27-28-41-39(29-32)43-38(24-14-26-42(43)52-41)47-50-45(30-15-5-3-6-16-30)49-46(51-47)31-17-7-4-8-18-31/h3-29H,1-2H3. The fraction of sp³-hybridized carbons (Fsp3) is 0.0625. The number of aromatic nitrogens is 3. The number of nitrogens with zero attached hydrogens (tertiary/aromatic N) is 3. The Balaban J connectivity index is 1.17. The molecular formula is C48H33N3S. The van der Waals surface area contributed by atoms with Crippen LogP contribution >= 0.6 is 11.3 Å². The molecule has 3 nitrogen and oxygen atoms in total. The maximum Gasteiger partial charge on any atom is 0.164 e. The highest BCUT2D eigenvalue weighted by Crippen LogP contribution is 2.53. The SMILES string of the molecule is CC1(C)c2ccccc2-c2cccc(-c3ccccc3-c3ccc4sc5cccc(-c6nc(-c7ccccc7)nc(-c7ccccc7)n6)c5c4c3)c21. The van der Waals surface area contributed by atoms with Gasteiger partial charge in [-0.25, -0.2) is 15.0 Å². The molecule has 0 aliphatic heterocycles. The Labute approximate surface area is 307 Å². The minimum absolute atomic E-state index is 0.111. The van der Waals surface area contributed by atoms with Gasteiger partial charge in [0, 0.05) is 42.3 Å². The summed E-state index contributed by atoms with van der Waals surface area (Å²) in [5.41, 5.74) is 13.2. The van der Waals surface area contributed by atoms with Crippen LogP contribution in [0, 0.1) is 0 Å². The van der Waals surface area contributed by atoms with Crippen molar-refractivity contribution < 1.29 is 0 Å². The van der Waals surface area contributed by atoms with Crippen molar-refractivity contribution in [3.05, 3.63) is 175 Å². The van der Waals surface area contributed by atoms with Gasteiger partial charge in [-0.2, -0.15) is 0 Å². The molecule has 0 bridgehead atoms. The lowest BCUT2D eigenvalue weighted by molar-refractivity contribution is 0.662. The Morgan fingerprint density at radius 2 is 0.942 bits per heavy atom. The van der Waals surface area contributed by atoms with E-state index in [0.29, 0.717) is 17.5 Å². The summed E-state index contributed by atoms with van der Waals surface area (Å²) < 4.78 is 2.45. The normalized spacial score (nSPS) is 13.0. The molecule has 1 aliphatic carbocycles. The molecule has 0 saturated heterocycles. The third-order valence-electron chi connectivity index (χ3n) is 10.5. The predicted molar refractivity (Wildman–Crippen MR) is 217 cm³/mol. The van der Waals surface area contributed by atoms with E-state index in [9.17, 15) is 0 Å². The molecule has 4 heteroatoms.